The van der Waals surface area contributed by atoms with Crippen LogP contribution in [0.4, 0.5) is 0 Å². The van der Waals surface area contributed by atoms with Gasteiger partial charge in [-0.15, -0.1) is 0 Å². The number of methoxy groups -OCH3 is 1. The number of nitrogens with zero attached hydrogens (tertiary/aromatic N) is 1. The van der Waals surface area contributed by atoms with Crippen molar-refractivity contribution < 1.29 is 29.3 Å². The lowest BCUT2D eigenvalue weighted by Gasteiger charge is -2.24. The van der Waals surface area contributed by atoms with Crippen molar-refractivity contribution in [2.24, 2.45) is 5.92 Å². The molecule has 1 unspecified atom stereocenters. The van der Waals surface area contributed by atoms with Crippen LogP contribution in [0.5, 0.6) is 0 Å². The van der Waals surface area contributed by atoms with Crippen LogP contribution < -0.4 is 0 Å². The molecule has 0 aliphatic carbocycles. The third kappa shape index (κ3) is 6.85. The van der Waals surface area contributed by atoms with Crippen molar-refractivity contribution >= 4 is 17.8 Å². The molecule has 7 nitrogen and oxygen atoms in total. The van der Waals surface area contributed by atoms with Crippen molar-refractivity contribution in [3.05, 3.63) is 0 Å². The van der Waals surface area contributed by atoms with Crippen molar-refractivity contribution in [2.75, 3.05) is 26.8 Å². The molecular weight excluding hydrogens is 242 g/mol. The molecule has 0 spiro atoms. The van der Waals surface area contributed by atoms with Gasteiger partial charge in [0.05, 0.1) is 5.92 Å². The smallest absolute Gasteiger partial charge is 0.308 e. The van der Waals surface area contributed by atoms with Gasteiger partial charge in [0.15, 0.2) is 0 Å². The Bertz CT molecular complexity index is 304. The van der Waals surface area contributed by atoms with Gasteiger partial charge in [-0.25, -0.2) is 0 Å². The van der Waals surface area contributed by atoms with Crippen LogP contribution in [0.3, 0.4) is 0 Å². The lowest BCUT2D eigenvalue weighted by atomic mass is 10.1. The summed E-state index contributed by atoms with van der Waals surface area (Å²) in [5, 5.41) is 17.3. The average molecular weight is 261 g/mol. The largest absolute Gasteiger partial charge is 0.481 e. The first-order valence-corrected chi connectivity index (χ1v) is 5.59. The summed E-state index contributed by atoms with van der Waals surface area (Å²) >= 11 is 0. The van der Waals surface area contributed by atoms with E-state index in [1.165, 1.54) is 18.9 Å². The number of carboxylic acid groups (broad SMARTS) is 2. The maximum Gasteiger partial charge on any atom is 0.308 e. The van der Waals surface area contributed by atoms with Gasteiger partial charge in [0.2, 0.25) is 5.91 Å². The molecule has 104 valence electrons. The Morgan fingerprint density at radius 3 is 2.33 bits per heavy atom. The number of carbonyl (C=O) groups excluding carboxylic acids is 1. The summed E-state index contributed by atoms with van der Waals surface area (Å²) in [6.07, 6.45) is 0.231. The zero-order valence-corrected chi connectivity index (χ0v) is 10.6. The fraction of sp³-hybridized carbons (Fsp3) is 0.727. The molecule has 0 aromatic carbocycles. The maximum absolute atomic E-state index is 11.6. The molecule has 1 atom stereocenters. The van der Waals surface area contributed by atoms with Gasteiger partial charge >= 0.3 is 11.9 Å². The van der Waals surface area contributed by atoms with E-state index in [-0.39, 0.29) is 38.4 Å². The highest BCUT2D eigenvalue weighted by Gasteiger charge is 2.20. The van der Waals surface area contributed by atoms with E-state index >= 15 is 0 Å². The monoisotopic (exact) mass is 261 g/mol. The summed E-state index contributed by atoms with van der Waals surface area (Å²) in [5.74, 6) is -2.98. The Labute approximate surface area is 105 Å². The fourth-order valence-electron chi connectivity index (χ4n) is 1.36. The van der Waals surface area contributed by atoms with Crippen LogP contribution in [0.2, 0.25) is 0 Å². The van der Waals surface area contributed by atoms with E-state index in [2.05, 4.69) is 0 Å². The molecule has 0 saturated heterocycles. The minimum atomic E-state index is -0.997. The van der Waals surface area contributed by atoms with E-state index < -0.39 is 17.9 Å². The Balaban J connectivity index is 4.37. The molecule has 0 rings (SSSR count). The highest BCUT2D eigenvalue weighted by atomic mass is 16.5. The Morgan fingerprint density at radius 1 is 1.28 bits per heavy atom. The number of aliphatic carboxylic acids is 2. The number of carboxylic acids is 2. The minimum absolute atomic E-state index is 0.0527. The van der Waals surface area contributed by atoms with Crippen LogP contribution in [-0.2, 0) is 19.1 Å². The first kappa shape index (κ1) is 16.4. The molecule has 0 aliphatic rings. The quantitative estimate of drug-likeness (QED) is 0.607. The summed E-state index contributed by atoms with van der Waals surface area (Å²) in [4.78, 5) is 34.1. The Morgan fingerprint density at radius 2 is 1.89 bits per heavy atom. The lowest BCUT2D eigenvalue weighted by molar-refractivity contribution is -0.144. The molecule has 7 heteroatoms. The fourth-order valence-corrected chi connectivity index (χ4v) is 1.36. The maximum atomic E-state index is 11.6. The van der Waals surface area contributed by atoms with E-state index in [1.54, 1.807) is 0 Å². The van der Waals surface area contributed by atoms with Gasteiger partial charge in [-0.3, -0.25) is 14.4 Å². The van der Waals surface area contributed by atoms with Crippen LogP contribution in [-0.4, -0.2) is 59.8 Å². The van der Waals surface area contributed by atoms with Crippen LogP contribution in [0.25, 0.3) is 0 Å². The van der Waals surface area contributed by atoms with Crippen LogP contribution in [0, 0.1) is 5.92 Å². The molecule has 0 aromatic rings. The van der Waals surface area contributed by atoms with E-state index in [9.17, 15) is 14.4 Å². The van der Waals surface area contributed by atoms with Crippen molar-refractivity contribution in [1.82, 2.24) is 4.90 Å². The van der Waals surface area contributed by atoms with Gasteiger partial charge in [0, 0.05) is 26.6 Å². The first-order valence-electron chi connectivity index (χ1n) is 5.59. The summed E-state index contributed by atoms with van der Waals surface area (Å²) in [5.41, 5.74) is 0. The third-order valence-electron chi connectivity index (χ3n) is 2.36. The highest BCUT2D eigenvalue weighted by molar-refractivity contribution is 5.78. The lowest BCUT2D eigenvalue weighted by Crippen LogP contribution is -2.39. The zero-order chi connectivity index (χ0) is 14.1. The van der Waals surface area contributed by atoms with Gasteiger partial charge in [-0.1, -0.05) is 6.92 Å². The summed E-state index contributed by atoms with van der Waals surface area (Å²) < 4.78 is 4.70. The molecule has 0 aliphatic heterocycles. The third-order valence-corrected chi connectivity index (χ3v) is 2.36. The number of carbonyl (C=O) groups is 3. The minimum Gasteiger partial charge on any atom is -0.481 e. The molecule has 0 saturated carbocycles. The molecule has 0 fully saturated rings. The predicted molar refractivity (Wildman–Crippen MR) is 62.1 cm³/mol. The Hall–Kier alpha value is -1.63. The summed E-state index contributed by atoms with van der Waals surface area (Å²) in [7, 11) is 1.37. The standard InChI is InChI=1S/C11H19NO6/c1-8(11(16)17)6-12(9(13)7-18-2)5-3-4-10(14)15/h8H,3-7H2,1-2H3,(H,14,15)(H,16,17). The van der Waals surface area contributed by atoms with Crippen LogP contribution in [0.1, 0.15) is 19.8 Å². The average Bonchev–Trinajstić information content (AvgIpc) is 2.27. The van der Waals surface area contributed by atoms with Gasteiger partial charge in [-0.05, 0) is 6.42 Å². The summed E-state index contributed by atoms with van der Waals surface area (Å²) in [6.45, 7) is 1.62. The zero-order valence-electron chi connectivity index (χ0n) is 10.6. The second kappa shape index (κ2) is 8.46. The van der Waals surface area contributed by atoms with Crippen molar-refractivity contribution in [2.45, 2.75) is 19.8 Å². The van der Waals surface area contributed by atoms with E-state index in [4.69, 9.17) is 14.9 Å². The predicted octanol–water partition coefficient (Wildman–Crippen LogP) is 0.0469. The van der Waals surface area contributed by atoms with Crippen molar-refractivity contribution in [3.8, 4) is 0 Å². The molecular formula is C11H19NO6. The van der Waals surface area contributed by atoms with Gasteiger partial charge in [0.1, 0.15) is 6.61 Å². The number of ether oxygens (including phenoxy) is 1. The molecule has 18 heavy (non-hydrogen) atoms. The Kier molecular flexibility index (Phi) is 7.69. The second-order valence-corrected chi connectivity index (χ2v) is 4.01. The second-order valence-electron chi connectivity index (χ2n) is 4.01. The molecule has 1 amide bonds. The molecule has 0 aromatic heterocycles. The highest BCUT2D eigenvalue weighted by Crippen LogP contribution is 2.04. The first-order chi connectivity index (χ1) is 8.38. The van der Waals surface area contributed by atoms with Crippen LogP contribution in [0.15, 0.2) is 0 Å². The molecule has 0 heterocycles. The van der Waals surface area contributed by atoms with Gasteiger partial charge < -0.3 is 19.8 Å². The molecule has 2 N–H and O–H groups in total. The number of hydrogen-bond donors (Lipinski definition) is 2. The van der Waals surface area contributed by atoms with Gasteiger partial charge in [-0.2, -0.15) is 0 Å². The topological polar surface area (TPSA) is 104 Å². The number of rotatable bonds is 9. The van der Waals surface area contributed by atoms with Crippen LogP contribution >= 0.6 is 0 Å². The molecule has 0 bridgehead atoms. The normalized spacial score (nSPS) is 11.9. The van der Waals surface area contributed by atoms with Crippen molar-refractivity contribution in [1.29, 1.82) is 0 Å². The van der Waals surface area contributed by atoms with Gasteiger partial charge in [0.25, 0.3) is 0 Å². The van der Waals surface area contributed by atoms with Crippen molar-refractivity contribution in [3.63, 3.8) is 0 Å². The molecule has 0 radical (unpaired) electrons. The number of amides is 1. The SMILES string of the molecule is COCC(=O)N(CCCC(=O)O)CC(C)C(=O)O. The van der Waals surface area contributed by atoms with E-state index in [0.717, 1.165) is 0 Å². The summed E-state index contributed by atoms with van der Waals surface area (Å²) in [6, 6.07) is 0. The van der Waals surface area contributed by atoms with E-state index in [1.807, 2.05) is 0 Å². The number of hydrogen-bond acceptors (Lipinski definition) is 4. The van der Waals surface area contributed by atoms with E-state index in [0.29, 0.717) is 0 Å².